The smallest absolute Gasteiger partial charge is 0.317 e. The van der Waals surface area contributed by atoms with Crippen molar-refractivity contribution in [3.63, 3.8) is 0 Å². The van der Waals surface area contributed by atoms with Gasteiger partial charge in [-0.25, -0.2) is 4.79 Å². The number of aromatic amines is 1. The molecule has 1 aliphatic heterocycles. The van der Waals surface area contributed by atoms with Crippen molar-refractivity contribution in [1.82, 2.24) is 15.2 Å². The monoisotopic (exact) mass is 315 g/mol. The molecule has 5 heteroatoms. The van der Waals surface area contributed by atoms with Crippen LogP contribution >= 0.6 is 0 Å². The summed E-state index contributed by atoms with van der Waals surface area (Å²) in [6.45, 7) is 4.09. The van der Waals surface area contributed by atoms with Crippen LogP contribution in [0.25, 0.3) is 10.9 Å². The van der Waals surface area contributed by atoms with Gasteiger partial charge in [-0.1, -0.05) is 18.2 Å². The minimum absolute atomic E-state index is 0.0182. The lowest BCUT2D eigenvalue weighted by molar-refractivity contribution is 0.152. The summed E-state index contributed by atoms with van der Waals surface area (Å²) in [7, 11) is 1.65. The minimum Gasteiger partial charge on any atom is -0.383 e. The number of para-hydroxylation sites is 1. The Balaban J connectivity index is 1.56. The predicted octanol–water partition coefficient (Wildman–Crippen LogP) is 3.09. The zero-order valence-electron chi connectivity index (χ0n) is 13.8. The van der Waals surface area contributed by atoms with Crippen LogP contribution < -0.4 is 5.32 Å². The number of urea groups is 1. The van der Waals surface area contributed by atoms with Crippen LogP contribution in [-0.4, -0.2) is 48.8 Å². The van der Waals surface area contributed by atoms with E-state index in [1.54, 1.807) is 7.11 Å². The number of likely N-dealkylation sites (tertiary alicyclic amines) is 1. The topological polar surface area (TPSA) is 57.4 Å². The summed E-state index contributed by atoms with van der Waals surface area (Å²) in [6.07, 6.45) is 2.00. The van der Waals surface area contributed by atoms with Crippen molar-refractivity contribution in [1.29, 1.82) is 0 Å². The number of rotatable bonds is 4. The second-order valence-corrected chi connectivity index (χ2v) is 6.38. The number of methoxy groups -OCH3 is 1. The molecular formula is C18H25N3O2. The summed E-state index contributed by atoms with van der Waals surface area (Å²) in [5.74, 6) is 0.503. The average molecular weight is 315 g/mol. The first-order valence-electron chi connectivity index (χ1n) is 8.29. The van der Waals surface area contributed by atoms with Crippen LogP contribution in [0.15, 0.2) is 30.3 Å². The van der Waals surface area contributed by atoms with E-state index in [0.717, 1.165) is 25.9 Å². The van der Waals surface area contributed by atoms with Crippen LogP contribution in [0.4, 0.5) is 4.79 Å². The summed E-state index contributed by atoms with van der Waals surface area (Å²) in [4.78, 5) is 17.6. The minimum atomic E-state index is 0.0182. The van der Waals surface area contributed by atoms with Gasteiger partial charge in [-0.3, -0.25) is 0 Å². The number of nitrogens with zero attached hydrogens (tertiary/aromatic N) is 1. The lowest BCUT2D eigenvalue weighted by atomic mass is 9.94. The molecule has 23 heavy (non-hydrogen) atoms. The van der Waals surface area contributed by atoms with Crippen LogP contribution in [0, 0.1) is 0 Å². The highest BCUT2D eigenvalue weighted by atomic mass is 16.5. The van der Waals surface area contributed by atoms with Crippen LogP contribution in [-0.2, 0) is 4.74 Å². The van der Waals surface area contributed by atoms with E-state index in [2.05, 4.69) is 40.6 Å². The van der Waals surface area contributed by atoms with E-state index >= 15 is 0 Å². The number of ether oxygens (including phenoxy) is 1. The largest absolute Gasteiger partial charge is 0.383 e. The van der Waals surface area contributed by atoms with Crippen molar-refractivity contribution < 1.29 is 9.53 Å². The number of aromatic nitrogens is 1. The first-order valence-corrected chi connectivity index (χ1v) is 8.29. The van der Waals surface area contributed by atoms with Gasteiger partial charge in [-0.15, -0.1) is 0 Å². The Morgan fingerprint density at radius 1 is 1.39 bits per heavy atom. The summed E-state index contributed by atoms with van der Waals surface area (Å²) >= 11 is 0. The van der Waals surface area contributed by atoms with Gasteiger partial charge in [-0.05, 0) is 37.3 Å². The first kappa shape index (κ1) is 15.9. The molecule has 0 saturated carbocycles. The summed E-state index contributed by atoms with van der Waals surface area (Å²) in [5.41, 5.74) is 2.48. The number of hydrogen-bond donors (Lipinski definition) is 2. The maximum absolute atomic E-state index is 12.2. The number of carbonyl (C=O) groups excluding carboxylic acids is 1. The highest BCUT2D eigenvalue weighted by Crippen LogP contribution is 2.29. The fraction of sp³-hybridized carbons (Fsp3) is 0.500. The molecule has 1 aliphatic rings. The van der Waals surface area contributed by atoms with Gasteiger partial charge in [0.05, 0.1) is 12.6 Å². The molecule has 1 saturated heterocycles. The SMILES string of the molecule is COC[C@@H](C)NC(=O)N1CCC(c2cc3ccccc3[nH]2)CC1. The van der Waals surface area contributed by atoms with E-state index in [1.807, 2.05) is 11.8 Å². The number of benzene rings is 1. The number of hydrogen-bond acceptors (Lipinski definition) is 2. The van der Waals surface area contributed by atoms with Gasteiger partial charge >= 0.3 is 6.03 Å². The molecule has 1 fully saturated rings. The Hall–Kier alpha value is -2.01. The second kappa shape index (κ2) is 7.04. The highest BCUT2D eigenvalue weighted by molar-refractivity contribution is 5.80. The van der Waals surface area contributed by atoms with Gasteiger partial charge in [-0.2, -0.15) is 0 Å². The van der Waals surface area contributed by atoms with Crippen molar-refractivity contribution in [2.45, 2.75) is 31.7 Å². The Labute approximate surface area is 137 Å². The van der Waals surface area contributed by atoms with Crippen molar-refractivity contribution >= 4 is 16.9 Å². The van der Waals surface area contributed by atoms with Crippen LogP contribution in [0.1, 0.15) is 31.4 Å². The zero-order chi connectivity index (χ0) is 16.2. The second-order valence-electron chi connectivity index (χ2n) is 6.38. The van der Waals surface area contributed by atoms with Crippen molar-refractivity contribution in [3.05, 3.63) is 36.0 Å². The predicted molar refractivity (Wildman–Crippen MR) is 91.7 cm³/mol. The quantitative estimate of drug-likeness (QED) is 0.911. The number of nitrogens with one attached hydrogen (secondary N) is 2. The third kappa shape index (κ3) is 3.67. The number of fused-ring (bicyclic) bond motifs is 1. The van der Waals surface area contributed by atoms with Gasteiger partial charge in [0, 0.05) is 37.3 Å². The van der Waals surface area contributed by atoms with E-state index in [0.29, 0.717) is 12.5 Å². The molecule has 2 heterocycles. The Morgan fingerprint density at radius 3 is 2.83 bits per heavy atom. The third-order valence-electron chi connectivity index (χ3n) is 4.56. The van der Waals surface area contributed by atoms with Crippen LogP contribution in [0.3, 0.4) is 0 Å². The molecule has 1 atom stereocenters. The van der Waals surface area contributed by atoms with E-state index < -0.39 is 0 Å². The van der Waals surface area contributed by atoms with Gasteiger partial charge < -0.3 is 19.9 Å². The number of piperidine rings is 1. The molecule has 0 unspecified atom stereocenters. The fourth-order valence-electron chi connectivity index (χ4n) is 3.30. The van der Waals surface area contributed by atoms with Gasteiger partial charge in [0.2, 0.25) is 0 Å². The molecule has 2 amide bonds. The van der Waals surface area contributed by atoms with Crippen molar-refractivity contribution in [2.24, 2.45) is 0 Å². The van der Waals surface area contributed by atoms with Gasteiger partial charge in [0.25, 0.3) is 0 Å². The van der Waals surface area contributed by atoms with Crippen LogP contribution in [0.2, 0.25) is 0 Å². The summed E-state index contributed by atoms with van der Waals surface area (Å²) in [6, 6.07) is 10.7. The molecule has 3 rings (SSSR count). The number of amides is 2. The molecule has 1 aromatic heterocycles. The fourth-order valence-corrected chi connectivity index (χ4v) is 3.30. The molecule has 124 valence electrons. The van der Waals surface area contributed by atoms with Gasteiger partial charge in [0.1, 0.15) is 0 Å². The molecule has 2 aromatic rings. The molecule has 0 radical (unpaired) electrons. The molecule has 2 N–H and O–H groups in total. The van der Waals surface area contributed by atoms with E-state index in [4.69, 9.17) is 4.74 Å². The van der Waals surface area contributed by atoms with Crippen molar-refractivity contribution in [3.8, 4) is 0 Å². The lowest BCUT2D eigenvalue weighted by Gasteiger charge is -2.32. The molecular weight excluding hydrogens is 290 g/mol. The number of carbonyl (C=O) groups is 1. The Kier molecular flexibility index (Phi) is 4.86. The summed E-state index contributed by atoms with van der Waals surface area (Å²) < 4.78 is 5.06. The van der Waals surface area contributed by atoms with Gasteiger partial charge in [0.15, 0.2) is 0 Å². The molecule has 0 bridgehead atoms. The molecule has 0 spiro atoms. The Morgan fingerprint density at radius 2 is 2.13 bits per heavy atom. The maximum atomic E-state index is 12.2. The Bertz CT molecular complexity index is 626. The van der Waals surface area contributed by atoms with Crippen LogP contribution in [0.5, 0.6) is 0 Å². The normalized spacial score (nSPS) is 17.4. The first-order chi connectivity index (χ1) is 11.2. The van der Waals surface area contributed by atoms with E-state index in [1.165, 1.54) is 16.6 Å². The molecule has 0 aliphatic carbocycles. The number of H-pyrrole nitrogens is 1. The van der Waals surface area contributed by atoms with Crippen molar-refractivity contribution in [2.75, 3.05) is 26.8 Å². The zero-order valence-corrected chi connectivity index (χ0v) is 13.8. The summed E-state index contributed by atoms with van der Waals surface area (Å²) in [5, 5.41) is 4.24. The van der Waals surface area contributed by atoms with E-state index in [-0.39, 0.29) is 12.1 Å². The molecule has 5 nitrogen and oxygen atoms in total. The average Bonchev–Trinajstić information content (AvgIpc) is 2.99. The lowest BCUT2D eigenvalue weighted by Crippen LogP contribution is -2.48. The van der Waals surface area contributed by atoms with E-state index in [9.17, 15) is 4.79 Å². The maximum Gasteiger partial charge on any atom is 0.317 e. The third-order valence-corrected chi connectivity index (χ3v) is 4.56. The highest BCUT2D eigenvalue weighted by Gasteiger charge is 2.25. The standard InChI is InChI=1S/C18H25N3O2/c1-13(12-23-2)19-18(22)21-9-7-14(8-10-21)17-11-15-5-3-4-6-16(15)20-17/h3-6,11,13-14,20H,7-10,12H2,1-2H3,(H,19,22)/t13-/m1/s1. The molecule has 1 aromatic carbocycles.